The first-order chi connectivity index (χ1) is 23.8. The molecule has 0 aliphatic rings. The van der Waals surface area contributed by atoms with Gasteiger partial charge in [-0.25, -0.2) is 0 Å². The van der Waals surface area contributed by atoms with Crippen LogP contribution >= 0.6 is 11.3 Å². The largest absolute Gasteiger partial charge is 0.512 e. The van der Waals surface area contributed by atoms with Crippen LogP contribution in [-0.2, 0) is 42.9 Å². The van der Waals surface area contributed by atoms with Crippen molar-refractivity contribution in [1.29, 1.82) is 0 Å². The second-order valence-electron chi connectivity index (χ2n) is 15.8. The summed E-state index contributed by atoms with van der Waals surface area (Å²) >= 11 is 1.39. The van der Waals surface area contributed by atoms with Gasteiger partial charge in [-0.05, 0) is 54.6 Å². The first-order valence-corrected chi connectivity index (χ1v) is 19.0. The Morgan fingerprint density at radius 1 is 0.865 bits per heavy atom. The summed E-state index contributed by atoms with van der Waals surface area (Å²) in [6, 6.07) is 19.4. The third kappa shape index (κ3) is 10.1. The molecule has 1 radical (unpaired) electrons. The van der Waals surface area contributed by atoms with E-state index in [0.29, 0.717) is 15.8 Å². The van der Waals surface area contributed by atoms with Gasteiger partial charge in [-0.2, -0.15) is 13.2 Å². The molecule has 0 unspecified atom stereocenters. The number of nitrogens with zero attached hydrogens (tertiary/aromatic N) is 1. The molecular formula is C44H53F3IrNO2S-. The summed E-state index contributed by atoms with van der Waals surface area (Å²) in [7, 11) is 0. The van der Waals surface area contributed by atoms with Crippen LogP contribution in [0.15, 0.2) is 66.6 Å². The van der Waals surface area contributed by atoms with Crippen LogP contribution in [0.25, 0.3) is 42.2 Å². The maximum Gasteiger partial charge on any atom is 0.418 e. The zero-order valence-electron chi connectivity index (χ0n) is 32.1. The standard InChI is InChI=1S/C31H29F3NS.C13H24O2.Ir/c1-29(2,3)16-18-11-12-22-25(13-18)36-28-26(22)24(31(32,33)34)17-35-27(28)20-14-19-9-7-8-10-21(19)23(15-20)30(4,5)6;1-5-10(6-2)12(14)9-13(15)11(7-3)8-4;/h7-13,15,17H,16H2,1-6H3;9-11,14H,5-8H2,1-4H3;/q-1;;/b;12-9-;. The molecular weight excluding hydrogens is 856 g/mol. The number of aliphatic hydroxyl groups is 1. The monoisotopic (exact) mass is 909 g/mol. The number of carbonyl (C=O) groups excluding carboxylic acids is 1. The van der Waals surface area contributed by atoms with Crippen LogP contribution < -0.4 is 0 Å². The fourth-order valence-corrected chi connectivity index (χ4v) is 8.01. The molecule has 283 valence electrons. The summed E-state index contributed by atoms with van der Waals surface area (Å²) in [5, 5.41) is 12.6. The van der Waals surface area contributed by atoms with Gasteiger partial charge in [-0.15, -0.1) is 40.5 Å². The summed E-state index contributed by atoms with van der Waals surface area (Å²) in [5.74, 6) is 0.547. The van der Waals surface area contributed by atoms with Crippen LogP contribution in [0.1, 0.15) is 112 Å². The normalized spacial score (nSPS) is 12.8. The summed E-state index contributed by atoms with van der Waals surface area (Å²) in [4.78, 5) is 16.1. The number of hydrogen-bond acceptors (Lipinski definition) is 4. The average molecular weight is 909 g/mol. The van der Waals surface area contributed by atoms with Crippen molar-refractivity contribution in [3.63, 3.8) is 0 Å². The van der Waals surface area contributed by atoms with Gasteiger partial charge >= 0.3 is 6.18 Å². The summed E-state index contributed by atoms with van der Waals surface area (Å²) in [5.41, 5.74) is 2.75. The molecule has 0 saturated heterocycles. The van der Waals surface area contributed by atoms with Crippen molar-refractivity contribution in [3.05, 3.63) is 89.3 Å². The van der Waals surface area contributed by atoms with Crippen molar-refractivity contribution in [1.82, 2.24) is 4.98 Å². The van der Waals surface area contributed by atoms with Crippen molar-refractivity contribution < 1.29 is 43.2 Å². The van der Waals surface area contributed by atoms with Gasteiger partial charge in [0, 0.05) is 70.1 Å². The van der Waals surface area contributed by atoms with E-state index in [0.717, 1.165) is 70.5 Å². The number of thiophene rings is 1. The SMILES string of the molecule is CC(C)(C)Cc1ccc2c(c1)sc1c(-c3[c-]c4ccccc4c(C(C)(C)C)c3)ncc(C(F)(F)F)c12.CCC(CC)C(=O)/C=C(\O)C(CC)CC.[Ir]. The van der Waals surface area contributed by atoms with Crippen LogP contribution in [0.5, 0.6) is 0 Å². The third-order valence-electron chi connectivity index (χ3n) is 9.52. The van der Waals surface area contributed by atoms with Gasteiger partial charge in [0.15, 0.2) is 5.78 Å². The quantitative estimate of drug-likeness (QED) is 0.0911. The van der Waals surface area contributed by atoms with E-state index in [1.54, 1.807) is 0 Å². The van der Waals surface area contributed by atoms with Crippen molar-refractivity contribution in [2.45, 2.75) is 113 Å². The number of halogens is 3. The molecule has 0 spiro atoms. The van der Waals surface area contributed by atoms with Crippen molar-refractivity contribution >= 4 is 48.1 Å². The molecule has 3 nitrogen and oxygen atoms in total. The molecule has 0 aliphatic heterocycles. The summed E-state index contributed by atoms with van der Waals surface area (Å²) in [6.45, 7) is 21.0. The molecule has 0 fully saturated rings. The van der Waals surface area contributed by atoms with Crippen molar-refractivity contribution in [3.8, 4) is 11.3 Å². The predicted molar refractivity (Wildman–Crippen MR) is 210 cm³/mol. The van der Waals surface area contributed by atoms with Gasteiger partial charge < -0.3 is 5.11 Å². The van der Waals surface area contributed by atoms with Crippen LogP contribution in [0.2, 0.25) is 0 Å². The minimum atomic E-state index is -4.49. The Bertz CT molecular complexity index is 2020. The van der Waals surface area contributed by atoms with E-state index in [4.69, 9.17) is 0 Å². The topological polar surface area (TPSA) is 50.2 Å². The Morgan fingerprint density at radius 2 is 1.48 bits per heavy atom. The molecule has 0 amide bonds. The molecule has 0 bridgehead atoms. The average Bonchev–Trinajstić information content (AvgIpc) is 3.42. The minimum absolute atomic E-state index is 0. The second kappa shape index (κ2) is 17.4. The van der Waals surface area contributed by atoms with Crippen LogP contribution in [0.3, 0.4) is 0 Å². The Kier molecular flexibility index (Phi) is 14.5. The number of aromatic nitrogens is 1. The second-order valence-corrected chi connectivity index (χ2v) is 16.8. The van der Waals surface area contributed by atoms with Gasteiger partial charge in [0.05, 0.1) is 11.3 Å². The zero-order chi connectivity index (χ0) is 37.9. The fraction of sp³-hybridized carbons (Fsp3) is 0.455. The molecule has 0 saturated carbocycles. The van der Waals surface area contributed by atoms with E-state index >= 15 is 0 Å². The number of fused-ring (bicyclic) bond motifs is 4. The molecule has 2 heterocycles. The van der Waals surface area contributed by atoms with Gasteiger partial charge in [-0.1, -0.05) is 111 Å². The number of allylic oxidation sites excluding steroid dienone is 2. The molecule has 1 N–H and O–H groups in total. The maximum absolute atomic E-state index is 14.1. The predicted octanol–water partition coefficient (Wildman–Crippen LogP) is 13.8. The number of carbonyl (C=O) groups is 1. The molecule has 0 atom stereocenters. The van der Waals surface area contributed by atoms with Crippen molar-refractivity contribution in [2.75, 3.05) is 0 Å². The molecule has 3 aromatic carbocycles. The van der Waals surface area contributed by atoms with E-state index in [9.17, 15) is 23.1 Å². The van der Waals surface area contributed by atoms with E-state index in [1.807, 2.05) is 70.2 Å². The Labute approximate surface area is 325 Å². The molecule has 8 heteroatoms. The Morgan fingerprint density at radius 3 is 2.04 bits per heavy atom. The van der Waals surface area contributed by atoms with E-state index in [1.165, 1.54) is 17.4 Å². The molecule has 0 aliphatic carbocycles. The number of rotatable bonds is 9. The number of aliphatic hydroxyl groups excluding tert-OH is 1. The van der Waals surface area contributed by atoms with Crippen LogP contribution in [0.4, 0.5) is 13.2 Å². The first-order valence-electron chi connectivity index (χ1n) is 18.1. The number of benzene rings is 3. The molecule has 52 heavy (non-hydrogen) atoms. The number of alkyl halides is 3. The number of pyridine rings is 1. The van der Waals surface area contributed by atoms with Crippen LogP contribution in [-0.4, -0.2) is 15.9 Å². The third-order valence-corrected chi connectivity index (χ3v) is 10.7. The molecule has 5 aromatic rings. The maximum atomic E-state index is 14.1. The molecule has 5 rings (SSSR count). The Hall–Kier alpha value is -3.06. The Balaban J connectivity index is 0.000000389. The fourth-order valence-electron chi connectivity index (χ4n) is 6.71. The summed E-state index contributed by atoms with van der Waals surface area (Å²) in [6.07, 6.45) is 2.25. The minimum Gasteiger partial charge on any atom is -0.512 e. The number of ketones is 1. The van der Waals surface area contributed by atoms with E-state index in [-0.39, 0.29) is 59.7 Å². The number of hydrogen-bond donors (Lipinski definition) is 1. The van der Waals surface area contributed by atoms with Crippen molar-refractivity contribution in [2.24, 2.45) is 17.3 Å². The van der Waals surface area contributed by atoms with Crippen LogP contribution in [0, 0.1) is 23.3 Å². The zero-order valence-corrected chi connectivity index (χ0v) is 35.4. The van der Waals surface area contributed by atoms with Gasteiger partial charge in [0.2, 0.25) is 0 Å². The molecule has 2 aromatic heterocycles. The first kappa shape index (κ1) is 43.3. The van der Waals surface area contributed by atoms with Gasteiger partial charge in [0.1, 0.15) is 0 Å². The summed E-state index contributed by atoms with van der Waals surface area (Å²) < 4.78 is 43.8. The smallest absolute Gasteiger partial charge is 0.418 e. The van der Waals surface area contributed by atoms with Gasteiger partial charge in [0.25, 0.3) is 0 Å². The van der Waals surface area contributed by atoms with Gasteiger partial charge in [-0.3, -0.25) is 9.78 Å². The van der Waals surface area contributed by atoms with E-state index in [2.05, 4.69) is 58.7 Å². The van der Waals surface area contributed by atoms with E-state index < -0.39 is 11.7 Å².